The third kappa shape index (κ3) is 5.32. The molecular weight excluding hydrogens is 358 g/mol. The summed E-state index contributed by atoms with van der Waals surface area (Å²) >= 11 is 0. The molecule has 138 valence electrons. The predicted octanol–water partition coefficient (Wildman–Crippen LogP) is 2.19. The Labute approximate surface area is 152 Å². The van der Waals surface area contributed by atoms with Crippen molar-refractivity contribution in [3.05, 3.63) is 60.2 Å². The minimum absolute atomic E-state index is 0.0431. The molecule has 0 aliphatic carbocycles. The number of ether oxygens (including phenoxy) is 1. The minimum atomic E-state index is -3.93. The molecule has 0 aliphatic rings. The summed E-state index contributed by atoms with van der Waals surface area (Å²) in [4.78, 5) is 22.9. The van der Waals surface area contributed by atoms with Crippen LogP contribution in [0.15, 0.2) is 59.5 Å². The average Bonchev–Trinajstić information content (AvgIpc) is 2.62. The van der Waals surface area contributed by atoms with Gasteiger partial charge in [0.1, 0.15) is 10.6 Å². The highest BCUT2D eigenvalue weighted by Gasteiger charge is 2.19. The first-order valence-electron chi connectivity index (χ1n) is 7.75. The van der Waals surface area contributed by atoms with Gasteiger partial charge in [0, 0.05) is 6.92 Å². The molecule has 1 atom stereocenters. The zero-order chi connectivity index (χ0) is 19.2. The molecule has 26 heavy (non-hydrogen) atoms. The molecule has 2 aromatic carbocycles. The predicted molar refractivity (Wildman–Crippen MR) is 93.9 cm³/mol. The molecule has 0 spiro atoms. The van der Waals surface area contributed by atoms with E-state index in [1.807, 2.05) is 0 Å². The van der Waals surface area contributed by atoms with Gasteiger partial charge in [0.05, 0.1) is 19.6 Å². The number of hydrogen-bond acceptors (Lipinski definition) is 6. The van der Waals surface area contributed by atoms with E-state index in [-0.39, 0.29) is 23.0 Å². The van der Waals surface area contributed by atoms with Crippen molar-refractivity contribution >= 4 is 22.0 Å². The van der Waals surface area contributed by atoms with Crippen LogP contribution in [0.1, 0.15) is 24.9 Å². The van der Waals surface area contributed by atoms with E-state index in [0.717, 1.165) is 0 Å². The third-order valence-corrected chi connectivity index (χ3v) is 4.76. The normalized spacial score (nSPS) is 12.1. The van der Waals surface area contributed by atoms with E-state index in [4.69, 9.17) is 4.18 Å². The molecule has 8 heteroatoms. The lowest BCUT2D eigenvalue weighted by Crippen LogP contribution is -2.28. The average molecular weight is 377 g/mol. The summed E-state index contributed by atoms with van der Waals surface area (Å²) in [6, 6.07) is 13.3. The molecule has 0 aliphatic heterocycles. The number of carbonyl (C=O) groups is 2. The number of hydrogen-bond donors (Lipinski definition) is 1. The maximum Gasteiger partial charge on any atom is 0.339 e. The maximum atomic E-state index is 12.2. The van der Waals surface area contributed by atoms with Crippen molar-refractivity contribution in [2.75, 3.05) is 7.11 Å². The van der Waals surface area contributed by atoms with Gasteiger partial charge in [-0.3, -0.25) is 9.59 Å². The highest BCUT2D eigenvalue weighted by molar-refractivity contribution is 7.87. The van der Waals surface area contributed by atoms with Crippen LogP contribution in [0.5, 0.6) is 5.75 Å². The third-order valence-electron chi connectivity index (χ3n) is 3.50. The van der Waals surface area contributed by atoms with Crippen LogP contribution in [0.4, 0.5) is 0 Å². The van der Waals surface area contributed by atoms with E-state index >= 15 is 0 Å². The number of amides is 1. The fourth-order valence-electron chi connectivity index (χ4n) is 2.27. The fourth-order valence-corrected chi connectivity index (χ4v) is 3.22. The molecule has 1 unspecified atom stereocenters. The molecule has 0 heterocycles. The molecule has 0 bridgehead atoms. The summed E-state index contributed by atoms with van der Waals surface area (Å²) in [5.74, 6) is -0.654. The molecule has 0 saturated carbocycles. The summed E-state index contributed by atoms with van der Waals surface area (Å²) in [5.41, 5.74) is 0.620. The Bertz CT molecular complexity index is 862. The summed E-state index contributed by atoms with van der Waals surface area (Å²) in [5, 5.41) is 2.66. The number of benzene rings is 2. The SMILES string of the molecule is COC(=O)CC(NC(C)=O)c1ccc(OS(=O)(=O)c2ccccc2)cc1. The molecule has 2 rings (SSSR count). The fraction of sp³-hybridized carbons (Fsp3) is 0.222. The van der Waals surface area contributed by atoms with Crippen LogP contribution in [0.25, 0.3) is 0 Å². The van der Waals surface area contributed by atoms with Crippen molar-refractivity contribution in [3.63, 3.8) is 0 Å². The van der Waals surface area contributed by atoms with Gasteiger partial charge in [-0.15, -0.1) is 0 Å². The molecule has 0 radical (unpaired) electrons. The number of rotatable bonds is 7. The molecule has 7 nitrogen and oxygen atoms in total. The lowest BCUT2D eigenvalue weighted by molar-refractivity contribution is -0.141. The molecule has 0 fully saturated rings. The second-order valence-corrected chi connectivity index (χ2v) is 7.00. The van der Waals surface area contributed by atoms with Gasteiger partial charge >= 0.3 is 16.1 Å². The van der Waals surface area contributed by atoms with Crippen molar-refractivity contribution in [1.82, 2.24) is 5.32 Å². The number of carbonyl (C=O) groups excluding carboxylic acids is 2. The molecule has 0 aromatic heterocycles. The van der Waals surface area contributed by atoms with Crippen molar-refractivity contribution in [2.45, 2.75) is 24.3 Å². The standard InChI is InChI=1S/C18H19NO6S/c1-13(20)19-17(12-18(21)24-2)14-8-10-15(11-9-14)25-26(22,23)16-6-4-3-5-7-16/h3-11,17H,12H2,1-2H3,(H,19,20). The van der Waals surface area contributed by atoms with Crippen LogP contribution in [-0.2, 0) is 24.4 Å². The van der Waals surface area contributed by atoms with Gasteiger partial charge in [0.2, 0.25) is 5.91 Å². The van der Waals surface area contributed by atoms with Crippen LogP contribution in [-0.4, -0.2) is 27.4 Å². The first kappa shape index (κ1) is 19.5. The number of nitrogens with one attached hydrogen (secondary N) is 1. The van der Waals surface area contributed by atoms with E-state index < -0.39 is 22.1 Å². The van der Waals surface area contributed by atoms with Crippen LogP contribution >= 0.6 is 0 Å². The van der Waals surface area contributed by atoms with E-state index in [1.54, 1.807) is 30.3 Å². The van der Waals surface area contributed by atoms with Gasteiger partial charge in [-0.25, -0.2) is 0 Å². The van der Waals surface area contributed by atoms with E-state index in [9.17, 15) is 18.0 Å². The Balaban J connectivity index is 2.17. The summed E-state index contributed by atoms with van der Waals surface area (Å²) in [6.45, 7) is 1.34. The van der Waals surface area contributed by atoms with Crippen LogP contribution in [0.2, 0.25) is 0 Å². The topological polar surface area (TPSA) is 98.8 Å². The Kier molecular flexibility index (Phi) is 6.35. The zero-order valence-electron chi connectivity index (χ0n) is 14.3. The van der Waals surface area contributed by atoms with Crippen LogP contribution < -0.4 is 9.50 Å². The Morgan fingerprint density at radius 3 is 2.19 bits per heavy atom. The monoisotopic (exact) mass is 377 g/mol. The van der Waals surface area contributed by atoms with Gasteiger partial charge in [-0.05, 0) is 29.8 Å². The Morgan fingerprint density at radius 2 is 1.65 bits per heavy atom. The smallest absolute Gasteiger partial charge is 0.339 e. The van der Waals surface area contributed by atoms with Crippen molar-refractivity contribution < 1.29 is 26.9 Å². The van der Waals surface area contributed by atoms with Crippen molar-refractivity contribution in [1.29, 1.82) is 0 Å². The largest absolute Gasteiger partial charge is 0.469 e. The second-order valence-electron chi connectivity index (χ2n) is 5.45. The van der Waals surface area contributed by atoms with Gasteiger partial charge < -0.3 is 14.2 Å². The first-order chi connectivity index (χ1) is 12.3. The molecular formula is C18H19NO6S. The van der Waals surface area contributed by atoms with Crippen LogP contribution in [0, 0.1) is 0 Å². The number of esters is 1. The molecule has 1 N–H and O–H groups in total. The lowest BCUT2D eigenvalue weighted by atomic mass is 10.0. The van der Waals surface area contributed by atoms with Gasteiger partial charge in [0.25, 0.3) is 0 Å². The maximum absolute atomic E-state index is 12.2. The summed E-state index contributed by atoms with van der Waals surface area (Å²) < 4.78 is 34.1. The Morgan fingerprint density at radius 1 is 1.04 bits per heavy atom. The highest BCUT2D eigenvalue weighted by atomic mass is 32.2. The van der Waals surface area contributed by atoms with Gasteiger partial charge in [-0.2, -0.15) is 8.42 Å². The second kappa shape index (κ2) is 8.48. The van der Waals surface area contributed by atoms with Crippen LogP contribution in [0.3, 0.4) is 0 Å². The van der Waals surface area contributed by atoms with Gasteiger partial charge in [0.15, 0.2) is 0 Å². The Hall–Kier alpha value is -2.87. The van der Waals surface area contributed by atoms with Crippen molar-refractivity contribution in [3.8, 4) is 5.75 Å². The zero-order valence-corrected chi connectivity index (χ0v) is 15.2. The van der Waals surface area contributed by atoms with Gasteiger partial charge in [-0.1, -0.05) is 30.3 Å². The number of methoxy groups -OCH3 is 1. The highest BCUT2D eigenvalue weighted by Crippen LogP contribution is 2.23. The molecule has 1 amide bonds. The quantitative estimate of drug-likeness (QED) is 0.587. The van der Waals surface area contributed by atoms with Crippen molar-refractivity contribution in [2.24, 2.45) is 0 Å². The summed E-state index contributed by atoms with van der Waals surface area (Å²) in [6.07, 6.45) is -0.0431. The van der Waals surface area contributed by atoms with E-state index in [2.05, 4.69) is 10.1 Å². The lowest BCUT2D eigenvalue weighted by Gasteiger charge is -2.17. The molecule has 2 aromatic rings. The summed E-state index contributed by atoms with van der Waals surface area (Å²) in [7, 11) is -2.67. The van der Waals surface area contributed by atoms with E-state index in [1.165, 1.54) is 38.3 Å². The first-order valence-corrected chi connectivity index (χ1v) is 9.16. The molecule has 0 saturated heterocycles. The van der Waals surface area contributed by atoms with E-state index in [0.29, 0.717) is 5.56 Å². The minimum Gasteiger partial charge on any atom is -0.469 e.